The molecule has 1 heterocycles. The van der Waals surface area contributed by atoms with Crippen LogP contribution in [0.5, 0.6) is 0 Å². The van der Waals surface area contributed by atoms with Gasteiger partial charge in [0.25, 0.3) is 0 Å². The molecular formula is C15H25NO5. The fourth-order valence-electron chi connectivity index (χ4n) is 3.39. The Morgan fingerprint density at radius 2 is 1.90 bits per heavy atom. The zero-order chi connectivity index (χ0) is 15.7. The minimum Gasteiger partial charge on any atom is -0.469 e. The van der Waals surface area contributed by atoms with Crippen LogP contribution in [0.2, 0.25) is 0 Å². The lowest BCUT2D eigenvalue weighted by molar-refractivity contribution is -0.172. The number of carbonyl (C=O) groups is 2. The second-order valence-electron chi connectivity index (χ2n) is 7.20. The molecule has 0 spiro atoms. The maximum Gasteiger partial charge on any atom is 0.408 e. The van der Waals surface area contributed by atoms with Crippen molar-refractivity contribution in [2.75, 3.05) is 20.3 Å². The van der Waals surface area contributed by atoms with Gasteiger partial charge in [-0.15, -0.1) is 0 Å². The number of ether oxygens (including phenoxy) is 3. The molecule has 2 aliphatic rings. The van der Waals surface area contributed by atoms with Crippen LogP contribution in [0.1, 0.15) is 46.5 Å². The average Bonchev–Trinajstić information content (AvgIpc) is 2.34. The molecule has 6 nitrogen and oxygen atoms in total. The quantitative estimate of drug-likeness (QED) is 0.790. The zero-order valence-corrected chi connectivity index (χ0v) is 13.3. The highest BCUT2D eigenvalue weighted by molar-refractivity contribution is 5.78. The number of alkyl carbamates (subject to hydrolysis) is 1. The molecule has 1 saturated carbocycles. The molecule has 1 aliphatic carbocycles. The van der Waals surface area contributed by atoms with Crippen LogP contribution in [0.15, 0.2) is 0 Å². The third-order valence-electron chi connectivity index (χ3n) is 4.13. The fourth-order valence-corrected chi connectivity index (χ4v) is 3.39. The molecule has 0 aromatic heterocycles. The number of hydrogen-bond acceptors (Lipinski definition) is 5. The molecule has 0 radical (unpaired) electrons. The Morgan fingerprint density at radius 1 is 1.19 bits per heavy atom. The summed E-state index contributed by atoms with van der Waals surface area (Å²) in [4.78, 5) is 24.2. The van der Waals surface area contributed by atoms with E-state index in [4.69, 9.17) is 14.2 Å². The highest BCUT2D eigenvalue weighted by Crippen LogP contribution is 2.46. The standard InChI is InChI=1S/C15H25NO5/c1-13(2,3)21-12(18)16-15-7-5-6-14(8-15,9-20-10-15)11(17)19-4/h5-10H2,1-4H3,(H,16,18). The van der Waals surface area contributed by atoms with Crippen molar-refractivity contribution in [3.8, 4) is 0 Å². The molecule has 1 saturated heterocycles. The van der Waals surface area contributed by atoms with E-state index in [1.165, 1.54) is 7.11 Å². The monoisotopic (exact) mass is 299 g/mol. The van der Waals surface area contributed by atoms with Crippen LogP contribution in [0.25, 0.3) is 0 Å². The Balaban J connectivity index is 2.11. The summed E-state index contributed by atoms with van der Waals surface area (Å²) in [5, 5.41) is 2.93. The number of hydrogen-bond donors (Lipinski definition) is 1. The number of methoxy groups -OCH3 is 1. The fraction of sp³-hybridized carbons (Fsp3) is 0.867. The number of fused-ring (bicyclic) bond motifs is 2. The van der Waals surface area contributed by atoms with Gasteiger partial charge in [0.05, 0.1) is 31.3 Å². The van der Waals surface area contributed by atoms with E-state index in [9.17, 15) is 9.59 Å². The second-order valence-corrected chi connectivity index (χ2v) is 7.20. The third kappa shape index (κ3) is 3.48. The third-order valence-corrected chi connectivity index (χ3v) is 4.13. The van der Waals surface area contributed by atoms with E-state index in [1.54, 1.807) is 0 Å². The van der Waals surface area contributed by atoms with Crippen molar-refractivity contribution < 1.29 is 23.8 Å². The van der Waals surface area contributed by atoms with Gasteiger partial charge in [-0.3, -0.25) is 4.79 Å². The van der Waals surface area contributed by atoms with Crippen LogP contribution >= 0.6 is 0 Å². The number of carbonyl (C=O) groups excluding carboxylic acids is 2. The highest BCUT2D eigenvalue weighted by atomic mass is 16.6. The van der Waals surface area contributed by atoms with E-state index in [-0.39, 0.29) is 5.97 Å². The molecule has 2 rings (SSSR count). The molecule has 21 heavy (non-hydrogen) atoms. The molecule has 2 fully saturated rings. The lowest BCUT2D eigenvalue weighted by atomic mass is 9.65. The Bertz CT molecular complexity index is 416. The Hall–Kier alpha value is -1.30. The van der Waals surface area contributed by atoms with E-state index >= 15 is 0 Å². The van der Waals surface area contributed by atoms with Gasteiger partial charge in [0.15, 0.2) is 0 Å². The molecule has 6 heteroatoms. The van der Waals surface area contributed by atoms with E-state index in [1.807, 2.05) is 20.8 Å². The molecule has 2 bridgehead atoms. The van der Waals surface area contributed by atoms with Crippen LogP contribution in [0.4, 0.5) is 4.79 Å². The van der Waals surface area contributed by atoms with Crippen LogP contribution < -0.4 is 5.32 Å². The summed E-state index contributed by atoms with van der Waals surface area (Å²) >= 11 is 0. The van der Waals surface area contributed by atoms with Gasteiger partial charge in [-0.05, 0) is 46.5 Å². The predicted molar refractivity (Wildman–Crippen MR) is 75.8 cm³/mol. The maximum absolute atomic E-state index is 12.1. The van der Waals surface area contributed by atoms with Gasteiger partial charge in [0.2, 0.25) is 0 Å². The van der Waals surface area contributed by atoms with Gasteiger partial charge < -0.3 is 19.5 Å². The minimum atomic E-state index is -0.639. The molecule has 2 atom stereocenters. The second kappa shape index (κ2) is 5.48. The lowest BCUT2D eigenvalue weighted by Crippen LogP contribution is -2.63. The summed E-state index contributed by atoms with van der Waals surface area (Å²) < 4.78 is 15.9. The SMILES string of the molecule is COC(=O)C12CCCC(NC(=O)OC(C)(C)C)(COC1)C2. The van der Waals surface area contributed by atoms with Crippen molar-refractivity contribution in [2.24, 2.45) is 5.41 Å². The molecule has 120 valence electrons. The first kappa shape index (κ1) is 16.1. The van der Waals surface area contributed by atoms with Crippen molar-refractivity contribution in [1.29, 1.82) is 0 Å². The largest absolute Gasteiger partial charge is 0.469 e. The first-order chi connectivity index (χ1) is 9.70. The van der Waals surface area contributed by atoms with Gasteiger partial charge in [0, 0.05) is 0 Å². The molecule has 1 aliphatic heterocycles. The summed E-state index contributed by atoms with van der Waals surface area (Å²) in [6.45, 7) is 6.23. The van der Waals surface area contributed by atoms with Gasteiger partial charge in [-0.1, -0.05) is 0 Å². The van der Waals surface area contributed by atoms with Gasteiger partial charge >= 0.3 is 12.1 Å². The first-order valence-electron chi connectivity index (χ1n) is 7.38. The Morgan fingerprint density at radius 3 is 2.52 bits per heavy atom. The molecule has 0 aromatic rings. The van der Waals surface area contributed by atoms with Crippen LogP contribution in [-0.4, -0.2) is 43.5 Å². The van der Waals surface area contributed by atoms with Crippen molar-refractivity contribution in [2.45, 2.75) is 57.6 Å². The number of esters is 1. The topological polar surface area (TPSA) is 73.9 Å². The van der Waals surface area contributed by atoms with Crippen molar-refractivity contribution in [3.63, 3.8) is 0 Å². The normalized spacial score (nSPS) is 32.2. The van der Waals surface area contributed by atoms with Crippen molar-refractivity contribution >= 4 is 12.1 Å². The summed E-state index contributed by atoms with van der Waals surface area (Å²) in [7, 11) is 1.39. The van der Waals surface area contributed by atoms with E-state index in [0.717, 1.165) is 19.3 Å². The molecule has 1 N–H and O–H groups in total. The van der Waals surface area contributed by atoms with Crippen LogP contribution in [0, 0.1) is 5.41 Å². The van der Waals surface area contributed by atoms with E-state index < -0.39 is 22.6 Å². The number of amides is 1. The molecule has 2 unspecified atom stereocenters. The van der Waals surface area contributed by atoms with E-state index in [2.05, 4.69) is 5.32 Å². The molecule has 1 amide bonds. The minimum absolute atomic E-state index is 0.253. The summed E-state index contributed by atoms with van der Waals surface area (Å²) in [5.41, 5.74) is -1.72. The predicted octanol–water partition coefficient (Wildman–Crippen LogP) is 2.01. The highest BCUT2D eigenvalue weighted by Gasteiger charge is 2.54. The zero-order valence-electron chi connectivity index (χ0n) is 13.3. The van der Waals surface area contributed by atoms with Crippen LogP contribution in [-0.2, 0) is 19.0 Å². The smallest absolute Gasteiger partial charge is 0.408 e. The first-order valence-corrected chi connectivity index (χ1v) is 7.38. The lowest BCUT2D eigenvalue weighted by Gasteiger charge is -2.50. The van der Waals surface area contributed by atoms with Gasteiger partial charge in [-0.25, -0.2) is 4.79 Å². The molecular weight excluding hydrogens is 274 g/mol. The maximum atomic E-state index is 12.1. The Labute approximate surface area is 125 Å². The Kier molecular flexibility index (Phi) is 4.19. The number of nitrogens with one attached hydrogen (secondary N) is 1. The van der Waals surface area contributed by atoms with Crippen molar-refractivity contribution in [3.05, 3.63) is 0 Å². The van der Waals surface area contributed by atoms with Gasteiger partial charge in [-0.2, -0.15) is 0 Å². The summed E-state index contributed by atoms with van der Waals surface area (Å²) in [6.07, 6.45) is 2.46. The summed E-state index contributed by atoms with van der Waals surface area (Å²) in [6, 6.07) is 0. The van der Waals surface area contributed by atoms with Gasteiger partial charge in [0.1, 0.15) is 5.60 Å². The van der Waals surface area contributed by atoms with E-state index in [0.29, 0.717) is 19.6 Å². The average molecular weight is 299 g/mol. The number of rotatable bonds is 2. The summed E-state index contributed by atoms with van der Waals surface area (Å²) in [5.74, 6) is -0.253. The van der Waals surface area contributed by atoms with Crippen molar-refractivity contribution in [1.82, 2.24) is 5.32 Å². The van der Waals surface area contributed by atoms with Crippen LogP contribution in [0.3, 0.4) is 0 Å². The molecule has 0 aromatic carbocycles.